The standard InChI is InChI=1S/C25H18ClN5O3/c26-25-29-22(20-9-11-28-23(20)30-25)16-3-5-17(6-4-16)31(14-15-2-1-10-27-13-15)24(34)19-8-7-18(32)12-21(19)33/h1-13,32-33H,14H2,(H,28,29,30). The maximum Gasteiger partial charge on any atom is 0.262 e. The van der Waals surface area contributed by atoms with Gasteiger partial charge >= 0.3 is 0 Å². The fourth-order valence-electron chi connectivity index (χ4n) is 3.73. The number of amides is 1. The molecule has 1 amide bonds. The average molecular weight is 472 g/mol. The molecule has 2 aromatic carbocycles. The van der Waals surface area contributed by atoms with E-state index in [1.807, 2.05) is 24.3 Å². The van der Waals surface area contributed by atoms with Gasteiger partial charge in [-0.25, -0.2) is 4.98 Å². The van der Waals surface area contributed by atoms with Gasteiger partial charge in [0.15, 0.2) is 0 Å². The highest BCUT2D eigenvalue weighted by Gasteiger charge is 2.22. The topological polar surface area (TPSA) is 115 Å². The number of halogens is 1. The second-order valence-corrected chi connectivity index (χ2v) is 7.92. The molecule has 0 aliphatic carbocycles. The minimum Gasteiger partial charge on any atom is -0.508 e. The van der Waals surface area contributed by atoms with Crippen molar-refractivity contribution in [1.29, 1.82) is 0 Å². The van der Waals surface area contributed by atoms with Crippen molar-refractivity contribution in [3.05, 3.63) is 95.7 Å². The van der Waals surface area contributed by atoms with E-state index in [-0.39, 0.29) is 28.9 Å². The molecule has 0 atom stereocenters. The van der Waals surface area contributed by atoms with Crippen LogP contribution in [0, 0.1) is 0 Å². The van der Waals surface area contributed by atoms with E-state index in [2.05, 4.69) is 19.9 Å². The number of hydrogen-bond acceptors (Lipinski definition) is 6. The molecular weight excluding hydrogens is 454 g/mol. The molecule has 0 aliphatic heterocycles. The second-order valence-electron chi connectivity index (χ2n) is 7.58. The van der Waals surface area contributed by atoms with Gasteiger partial charge in [-0.3, -0.25) is 9.78 Å². The average Bonchev–Trinajstić information content (AvgIpc) is 3.31. The molecule has 3 aromatic heterocycles. The normalized spacial score (nSPS) is 11.0. The number of rotatable bonds is 5. The number of carbonyl (C=O) groups excluding carboxylic acids is 1. The predicted molar refractivity (Wildman–Crippen MR) is 129 cm³/mol. The first kappa shape index (κ1) is 21.4. The SMILES string of the molecule is O=C(c1ccc(O)cc1O)N(Cc1cccnc1)c1ccc(-c2nc(Cl)nc3[nH]ccc23)cc1. The Balaban J connectivity index is 1.54. The summed E-state index contributed by atoms with van der Waals surface area (Å²) in [5.74, 6) is -0.854. The van der Waals surface area contributed by atoms with Gasteiger partial charge in [-0.2, -0.15) is 4.98 Å². The number of fused-ring (bicyclic) bond motifs is 1. The number of nitrogens with zero attached hydrogens (tertiary/aromatic N) is 4. The summed E-state index contributed by atoms with van der Waals surface area (Å²) in [6, 6.07) is 16.7. The third kappa shape index (κ3) is 4.14. The Hall–Kier alpha value is -4.43. The zero-order valence-electron chi connectivity index (χ0n) is 17.7. The molecular formula is C25H18ClN5O3. The molecule has 9 heteroatoms. The third-order valence-electron chi connectivity index (χ3n) is 5.36. The zero-order valence-corrected chi connectivity index (χ0v) is 18.4. The van der Waals surface area contributed by atoms with Crippen LogP contribution < -0.4 is 4.90 Å². The number of aromatic hydroxyl groups is 2. The molecule has 0 aliphatic rings. The van der Waals surface area contributed by atoms with E-state index >= 15 is 0 Å². The van der Waals surface area contributed by atoms with Crippen molar-refractivity contribution < 1.29 is 15.0 Å². The Bertz CT molecular complexity index is 1490. The number of aromatic nitrogens is 4. The summed E-state index contributed by atoms with van der Waals surface area (Å²) in [4.78, 5) is 30.7. The number of phenolic OH excluding ortho intramolecular Hbond substituents is 2. The second kappa shape index (κ2) is 8.84. The number of nitrogens with one attached hydrogen (secondary N) is 1. The lowest BCUT2D eigenvalue weighted by atomic mass is 10.1. The number of anilines is 1. The van der Waals surface area contributed by atoms with Crippen molar-refractivity contribution in [2.75, 3.05) is 4.90 Å². The van der Waals surface area contributed by atoms with E-state index in [1.165, 1.54) is 17.0 Å². The van der Waals surface area contributed by atoms with E-state index in [4.69, 9.17) is 11.6 Å². The van der Waals surface area contributed by atoms with E-state index in [0.717, 1.165) is 22.6 Å². The molecule has 0 radical (unpaired) electrons. The maximum atomic E-state index is 13.4. The Labute approximate surface area is 199 Å². The first-order chi connectivity index (χ1) is 16.5. The highest BCUT2D eigenvalue weighted by molar-refractivity contribution is 6.28. The van der Waals surface area contributed by atoms with E-state index < -0.39 is 5.91 Å². The fourth-order valence-corrected chi connectivity index (χ4v) is 3.90. The summed E-state index contributed by atoms with van der Waals surface area (Å²) in [5.41, 5.74) is 3.60. The Morgan fingerprint density at radius 2 is 1.85 bits per heavy atom. The highest BCUT2D eigenvalue weighted by atomic mass is 35.5. The van der Waals surface area contributed by atoms with Crippen LogP contribution in [0.1, 0.15) is 15.9 Å². The number of phenols is 2. The largest absolute Gasteiger partial charge is 0.508 e. The van der Waals surface area contributed by atoms with Crippen molar-refractivity contribution in [3.63, 3.8) is 0 Å². The summed E-state index contributed by atoms with van der Waals surface area (Å²) >= 11 is 6.10. The molecule has 0 unspecified atom stereocenters. The minimum absolute atomic E-state index is 0.0716. The highest BCUT2D eigenvalue weighted by Crippen LogP contribution is 2.31. The summed E-state index contributed by atoms with van der Waals surface area (Å²) in [7, 11) is 0. The summed E-state index contributed by atoms with van der Waals surface area (Å²) in [6.07, 6.45) is 5.10. The van der Waals surface area contributed by atoms with Crippen molar-refractivity contribution in [3.8, 4) is 22.8 Å². The van der Waals surface area contributed by atoms with Gasteiger partial charge in [0.2, 0.25) is 5.28 Å². The molecule has 5 rings (SSSR count). The van der Waals surface area contributed by atoms with Gasteiger partial charge in [0.25, 0.3) is 5.91 Å². The van der Waals surface area contributed by atoms with Gasteiger partial charge in [0, 0.05) is 41.3 Å². The first-order valence-electron chi connectivity index (χ1n) is 10.3. The molecule has 34 heavy (non-hydrogen) atoms. The van der Waals surface area contributed by atoms with Crippen LogP contribution >= 0.6 is 11.6 Å². The van der Waals surface area contributed by atoms with Gasteiger partial charge in [0.1, 0.15) is 17.1 Å². The zero-order chi connectivity index (χ0) is 23.7. The number of benzene rings is 2. The van der Waals surface area contributed by atoms with Gasteiger partial charge in [-0.15, -0.1) is 0 Å². The lowest BCUT2D eigenvalue weighted by molar-refractivity contribution is 0.0982. The number of carbonyl (C=O) groups is 1. The van der Waals surface area contributed by atoms with E-state index in [0.29, 0.717) is 17.0 Å². The van der Waals surface area contributed by atoms with Crippen molar-refractivity contribution in [2.45, 2.75) is 6.54 Å². The molecule has 3 N–H and O–H groups in total. The van der Waals surface area contributed by atoms with Crippen molar-refractivity contribution >= 4 is 34.2 Å². The van der Waals surface area contributed by atoms with E-state index in [1.54, 1.807) is 36.8 Å². The third-order valence-corrected chi connectivity index (χ3v) is 5.53. The summed E-state index contributed by atoms with van der Waals surface area (Å²) in [5, 5.41) is 20.8. The molecule has 8 nitrogen and oxygen atoms in total. The summed E-state index contributed by atoms with van der Waals surface area (Å²) in [6.45, 7) is 0.230. The maximum absolute atomic E-state index is 13.4. The van der Waals surface area contributed by atoms with Crippen LogP contribution in [-0.4, -0.2) is 36.1 Å². The Morgan fingerprint density at radius 1 is 1.03 bits per heavy atom. The van der Waals surface area contributed by atoms with Crippen LogP contribution in [0.25, 0.3) is 22.3 Å². The van der Waals surface area contributed by atoms with Crippen LogP contribution in [0.15, 0.2) is 79.3 Å². The predicted octanol–water partition coefficient (Wildman–Crippen LogP) is 4.93. The number of aromatic amines is 1. The van der Waals surface area contributed by atoms with Crippen LogP contribution in [-0.2, 0) is 6.54 Å². The minimum atomic E-state index is -0.424. The Morgan fingerprint density at radius 3 is 2.59 bits per heavy atom. The molecule has 5 aromatic rings. The number of pyridine rings is 1. The van der Waals surface area contributed by atoms with E-state index in [9.17, 15) is 15.0 Å². The lowest BCUT2D eigenvalue weighted by Gasteiger charge is -2.24. The molecule has 0 bridgehead atoms. The quantitative estimate of drug-likeness (QED) is 0.313. The van der Waals surface area contributed by atoms with Gasteiger partial charge in [-0.05, 0) is 53.6 Å². The van der Waals surface area contributed by atoms with Crippen molar-refractivity contribution in [2.24, 2.45) is 0 Å². The van der Waals surface area contributed by atoms with Crippen LogP contribution in [0.5, 0.6) is 11.5 Å². The van der Waals surface area contributed by atoms with Crippen LogP contribution in [0.2, 0.25) is 5.28 Å². The van der Waals surface area contributed by atoms with Gasteiger partial charge in [-0.1, -0.05) is 18.2 Å². The molecule has 0 saturated heterocycles. The number of hydrogen-bond donors (Lipinski definition) is 3. The van der Waals surface area contributed by atoms with Crippen LogP contribution in [0.4, 0.5) is 5.69 Å². The molecule has 0 saturated carbocycles. The fraction of sp³-hybridized carbons (Fsp3) is 0.0400. The smallest absolute Gasteiger partial charge is 0.262 e. The lowest BCUT2D eigenvalue weighted by Crippen LogP contribution is -2.30. The van der Waals surface area contributed by atoms with Gasteiger partial charge in [0.05, 0.1) is 17.8 Å². The van der Waals surface area contributed by atoms with Gasteiger partial charge < -0.3 is 20.1 Å². The molecule has 0 fully saturated rings. The number of H-pyrrole nitrogens is 1. The molecule has 3 heterocycles. The van der Waals surface area contributed by atoms with Crippen molar-refractivity contribution in [1.82, 2.24) is 19.9 Å². The molecule has 168 valence electrons. The first-order valence-corrected chi connectivity index (χ1v) is 10.7. The van der Waals surface area contributed by atoms with Crippen LogP contribution in [0.3, 0.4) is 0 Å². The summed E-state index contributed by atoms with van der Waals surface area (Å²) < 4.78 is 0. The monoisotopic (exact) mass is 471 g/mol. The Kier molecular flexibility index (Phi) is 5.57. The molecule has 0 spiro atoms.